The van der Waals surface area contributed by atoms with Crippen molar-refractivity contribution in [1.82, 2.24) is 0 Å². The molecule has 0 bridgehead atoms. The normalized spacial score (nSPS) is 11.3. The molecular weight excluding hydrogens is 424 g/mol. The van der Waals surface area contributed by atoms with E-state index in [1.807, 2.05) is 62.4 Å². The maximum absolute atomic E-state index is 12.6. The highest BCUT2D eigenvalue weighted by Gasteiger charge is 2.16. The summed E-state index contributed by atoms with van der Waals surface area (Å²) >= 11 is 1.44. The minimum Gasteiger partial charge on any atom is -0.497 e. The van der Waals surface area contributed by atoms with Crippen molar-refractivity contribution >= 4 is 35.0 Å². The summed E-state index contributed by atoms with van der Waals surface area (Å²) < 4.78 is 10.7. The number of benzene rings is 3. The average Bonchev–Trinajstić information content (AvgIpc) is 2.81. The molecule has 3 rings (SSSR count). The van der Waals surface area contributed by atoms with Gasteiger partial charge in [-0.15, -0.1) is 11.8 Å². The Bertz CT molecular complexity index is 1050. The smallest absolute Gasteiger partial charge is 0.255 e. The van der Waals surface area contributed by atoms with Crippen LogP contribution in [0.25, 0.3) is 0 Å². The maximum Gasteiger partial charge on any atom is 0.255 e. The number of methoxy groups -OCH3 is 1. The summed E-state index contributed by atoms with van der Waals surface area (Å²) in [5.74, 6) is 1.03. The van der Waals surface area contributed by atoms with E-state index in [0.29, 0.717) is 35.0 Å². The largest absolute Gasteiger partial charge is 0.497 e. The van der Waals surface area contributed by atoms with Gasteiger partial charge >= 0.3 is 0 Å². The van der Waals surface area contributed by atoms with Crippen LogP contribution in [0, 0.1) is 0 Å². The molecule has 0 spiro atoms. The molecule has 0 saturated carbocycles. The summed E-state index contributed by atoms with van der Waals surface area (Å²) in [4.78, 5) is 26.0. The molecule has 0 heterocycles. The summed E-state index contributed by atoms with van der Waals surface area (Å²) in [6.45, 7) is 4.28. The molecular formula is C25H26N2O4S. The second kappa shape index (κ2) is 11.2. The summed E-state index contributed by atoms with van der Waals surface area (Å²) in [5.41, 5.74) is 1.88. The lowest BCUT2D eigenvalue weighted by Crippen LogP contribution is -2.22. The number of para-hydroxylation sites is 2. The van der Waals surface area contributed by atoms with Crippen molar-refractivity contribution in [2.45, 2.75) is 24.0 Å². The zero-order valence-corrected chi connectivity index (χ0v) is 19.1. The molecule has 7 heteroatoms. The highest BCUT2D eigenvalue weighted by Crippen LogP contribution is 2.28. The van der Waals surface area contributed by atoms with Gasteiger partial charge in [0.2, 0.25) is 5.91 Å². The van der Waals surface area contributed by atoms with Gasteiger partial charge in [0.25, 0.3) is 5.91 Å². The van der Waals surface area contributed by atoms with Crippen molar-refractivity contribution in [2.24, 2.45) is 0 Å². The van der Waals surface area contributed by atoms with Crippen LogP contribution in [0.5, 0.6) is 11.5 Å². The second-order valence-corrected chi connectivity index (χ2v) is 8.30. The molecule has 0 aliphatic heterocycles. The maximum atomic E-state index is 12.6. The van der Waals surface area contributed by atoms with E-state index in [-0.39, 0.29) is 17.1 Å². The first kappa shape index (κ1) is 23.2. The standard InChI is InChI=1S/C25H26N2O4S/c1-4-31-23-8-6-5-7-22(23)27-24(28)17(2)32-21-15-11-19(12-16-21)26-25(29)18-9-13-20(30-3)14-10-18/h5-17H,4H2,1-3H3,(H,26,29)(H,27,28). The number of rotatable bonds is 9. The molecule has 0 radical (unpaired) electrons. The molecule has 3 aromatic carbocycles. The van der Waals surface area contributed by atoms with Crippen LogP contribution in [0.4, 0.5) is 11.4 Å². The number of carbonyl (C=O) groups excluding carboxylic acids is 2. The molecule has 0 saturated heterocycles. The van der Waals surface area contributed by atoms with E-state index < -0.39 is 0 Å². The molecule has 3 aromatic rings. The monoisotopic (exact) mass is 450 g/mol. The van der Waals surface area contributed by atoms with Crippen LogP contribution in [-0.2, 0) is 4.79 Å². The number of nitrogens with one attached hydrogen (secondary N) is 2. The third-order valence-electron chi connectivity index (χ3n) is 4.59. The molecule has 0 aliphatic rings. The molecule has 1 atom stereocenters. The predicted octanol–water partition coefficient (Wildman–Crippen LogP) is 5.47. The van der Waals surface area contributed by atoms with Crippen molar-refractivity contribution in [3.8, 4) is 11.5 Å². The Labute approximate surface area is 192 Å². The Balaban J connectivity index is 1.56. The van der Waals surface area contributed by atoms with E-state index in [9.17, 15) is 9.59 Å². The number of hydrogen-bond acceptors (Lipinski definition) is 5. The Morgan fingerprint density at radius 1 is 0.938 bits per heavy atom. The third-order valence-corrected chi connectivity index (χ3v) is 5.70. The summed E-state index contributed by atoms with van der Waals surface area (Å²) in [6.07, 6.45) is 0. The van der Waals surface area contributed by atoms with Crippen LogP contribution in [0.15, 0.2) is 77.7 Å². The van der Waals surface area contributed by atoms with Gasteiger partial charge in [0.15, 0.2) is 0 Å². The molecule has 2 N–H and O–H groups in total. The van der Waals surface area contributed by atoms with Gasteiger partial charge in [0.05, 0.1) is 24.7 Å². The Hall–Kier alpha value is -3.45. The molecule has 166 valence electrons. The first-order valence-corrected chi connectivity index (χ1v) is 11.1. The highest BCUT2D eigenvalue weighted by molar-refractivity contribution is 8.00. The lowest BCUT2D eigenvalue weighted by molar-refractivity contribution is -0.115. The SMILES string of the molecule is CCOc1ccccc1NC(=O)C(C)Sc1ccc(NC(=O)c2ccc(OC)cc2)cc1. The van der Waals surface area contributed by atoms with Gasteiger partial charge in [-0.3, -0.25) is 9.59 Å². The predicted molar refractivity (Wildman–Crippen MR) is 129 cm³/mol. The first-order valence-electron chi connectivity index (χ1n) is 10.2. The lowest BCUT2D eigenvalue weighted by atomic mass is 10.2. The third kappa shape index (κ3) is 6.28. The Morgan fingerprint density at radius 3 is 2.28 bits per heavy atom. The fourth-order valence-electron chi connectivity index (χ4n) is 2.91. The number of hydrogen-bond donors (Lipinski definition) is 2. The quantitative estimate of drug-likeness (QED) is 0.423. The zero-order valence-electron chi connectivity index (χ0n) is 18.3. The van der Waals surface area contributed by atoms with Crippen molar-refractivity contribution in [2.75, 3.05) is 24.4 Å². The lowest BCUT2D eigenvalue weighted by Gasteiger charge is -2.15. The van der Waals surface area contributed by atoms with Crippen LogP contribution in [0.3, 0.4) is 0 Å². The second-order valence-electron chi connectivity index (χ2n) is 6.89. The summed E-state index contributed by atoms with van der Waals surface area (Å²) in [6, 6.07) is 21.7. The van der Waals surface area contributed by atoms with E-state index in [2.05, 4.69) is 10.6 Å². The fraction of sp³-hybridized carbons (Fsp3) is 0.200. The number of anilines is 2. The minimum atomic E-state index is -0.315. The number of thioether (sulfide) groups is 1. The Kier molecular flexibility index (Phi) is 8.16. The van der Waals surface area contributed by atoms with Crippen LogP contribution < -0.4 is 20.1 Å². The van der Waals surface area contributed by atoms with E-state index in [0.717, 1.165) is 4.90 Å². The van der Waals surface area contributed by atoms with E-state index in [1.165, 1.54) is 11.8 Å². The minimum absolute atomic E-state index is 0.112. The number of carbonyl (C=O) groups is 2. The van der Waals surface area contributed by atoms with E-state index in [4.69, 9.17) is 9.47 Å². The molecule has 0 aromatic heterocycles. The molecule has 2 amide bonds. The summed E-state index contributed by atoms with van der Waals surface area (Å²) in [5, 5.41) is 5.48. The molecule has 32 heavy (non-hydrogen) atoms. The van der Waals surface area contributed by atoms with Gasteiger partial charge in [-0.1, -0.05) is 12.1 Å². The van der Waals surface area contributed by atoms with Gasteiger partial charge in [0, 0.05) is 16.1 Å². The van der Waals surface area contributed by atoms with Crippen LogP contribution in [0.1, 0.15) is 24.2 Å². The van der Waals surface area contributed by atoms with Crippen molar-refractivity contribution in [3.05, 3.63) is 78.4 Å². The van der Waals surface area contributed by atoms with E-state index >= 15 is 0 Å². The van der Waals surface area contributed by atoms with Gasteiger partial charge in [-0.2, -0.15) is 0 Å². The van der Waals surface area contributed by atoms with Crippen molar-refractivity contribution in [1.29, 1.82) is 0 Å². The van der Waals surface area contributed by atoms with Gasteiger partial charge in [0.1, 0.15) is 11.5 Å². The fourth-order valence-corrected chi connectivity index (χ4v) is 3.77. The highest BCUT2D eigenvalue weighted by atomic mass is 32.2. The van der Waals surface area contributed by atoms with Gasteiger partial charge in [-0.05, 0) is 74.5 Å². The van der Waals surface area contributed by atoms with Gasteiger partial charge in [-0.25, -0.2) is 0 Å². The van der Waals surface area contributed by atoms with E-state index in [1.54, 1.807) is 31.4 Å². The Morgan fingerprint density at radius 2 is 1.62 bits per heavy atom. The van der Waals surface area contributed by atoms with Crippen LogP contribution in [-0.4, -0.2) is 30.8 Å². The van der Waals surface area contributed by atoms with Crippen LogP contribution in [0.2, 0.25) is 0 Å². The topological polar surface area (TPSA) is 76.7 Å². The van der Waals surface area contributed by atoms with Crippen molar-refractivity contribution < 1.29 is 19.1 Å². The average molecular weight is 451 g/mol. The number of ether oxygens (including phenoxy) is 2. The molecule has 6 nitrogen and oxygen atoms in total. The first-order chi connectivity index (χ1) is 15.5. The summed E-state index contributed by atoms with van der Waals surface area (Å²) in [7, 11) is 1.58. The zero-order chi connectivity index (χ0) is 22.9. The number of amides is 2. The molecule has 0 fully saturated rings. The van der Waals surface area contributed by atoms with Crippen molar-refractivity contribution in [3.63, 3.8) is 0 Å². The van der Waals surface area contributed by atoms with Crippen LogP contribution >= 0.6 is 11.8 Å². The molecule has 1 unspecified atom stereocenters. The molecule has 0 aliphatic carbocycles. The van der Waals surface area contributed by atoms with Gasteiger partial charge < -0.3 is 20.1 Å².